The van der Waals surface area contributed by atoms with Crippen molar-refractivity contribution in [3.63, 3.8) is 0 Å². The molecule has 0 fully saturated rings. The molecular weight excluding hydrogens is 369 g/mol. The van der Waals surface area contributed by atoms with E-state index in [0.29, 0.717) is 11.8 Å². The highest BCUT2D eigenvalue weighted by molar-refractivity contribution is 7.89. The van der Waals surface area contributed by atoms with Gasteiger partial charge in [-0.2, -0.15) is 13.2 Å². The Kier molecular flexibility index (Phi) is 5.26. The van der Waals surface area contributed by atoms with Crippen molar-refractivity contribution in [2.24, 2.45) is 0 Å². The summed E-state index contributed by atoms with van der Waals surface area (Å²) < 4.78 is 70.4. The zero-order valence-corrected chi connectivity index (χ0v) is 14.3. The van der Waals surface area contributed by atoms with Crippen molar-refractivity contribution in [2.45, 2.75) is 36.8 Å². The van der Waals surface area contributed by atoms with Gasteiger partial charge in [0, 0.05) is 11.9 Å². The Balaban J connectivity index is 2.35. The van der Waals surface area contributed by atoms with E-state index in [1.165, 1.54) is 6.92 Å². The maximum atomic E-state index is 12.7. The van der Waals surface area contributed by atoms with Crippen LogP contribution in [0.2, 0.25) is 0 Å². The van der Waals surface area contributed by atoms with E-state index in [2.05, 4.69) is 9.88 Å². The summed E-state index contributed by atoms with van der Waals surface area (Å²) in [7, 11) is -4.09. The van der Waals surface area contributed by atoms with E-state index in [1.54, 1.807) is 13.0 Å². The Morgan fingerprint density at radius 1 is 1.33 bits per heavy atom. The van der Waals surface area contributed by atoms with Crippen LogP contribution in [0.15, 0.2) is 33.7 Å². The van der Waals surface area contributed by atoms with E-state index in [-0.39, 0.29) is 22.1 Å². The molecule has 132 valence electrons. The summed E-state index contributed by atoms with van der Waals surface area (Å²) in [5.41, 5.74) is -0.525. The number of hydrogen-bond donors (Lipinski definition) is 1. The Bertz CT molecular complexity index is 834. The van der Waals surface area contributed by atoms with Crippen LogP contribution >= 0.6 is 11.6 Å². The lowest BCUT2D eigenvalue weighted by Crippen LogP contribution is -2.27. The summed E-state index contributed by atoms with van der Waals surface area (Å²) in [6, 6.07) is 3.13. The maximum Gasteiger partial charge on any atom is 0.416 e. The smallest absolute Gasteiger partial charge is 0.359 e. The van der Waals surface area contributed by atoms with E-state index in [9.17, 15) is 21.6 Å². The predicted molar refractivity (Wildman–Crippen MR) is 81.0 cm³/mol. The molecule has 0 spiro atoms. The Morgan fingerprint density at radius 3 is 2.50 bits per heavy atom. The second-order valence-electron chi connectivity index (χ2n) is 5.17. The lowest BCUT2D eigenvalue weighted by Gasteiger charge is -2.15. The summed E-state index contributed by atoms with van der Waals surface area (Å²) in [5, 5.41) is 3.66. The van der Waals surface area contributed by atoms with E-state index in [0.717, 1.165) is 12.1 Å². The van der Waals surface area contributed by atoms with Crippen LogP contribution < -0.4 is 4.72 Å². The third-order valence-electron chi connectivity index (χ3n) is 3.23. The number of aryl methyl sites for hydroxylation is 1. The number of sulfonamides is 1. The molecule has 0 bridgehead atoms. The van der Waals surface area contributed by atoms with Crippen LogP contribution in [0.25, 0.3) is 0 Å². The summed E-state index contributed by atoms with van der Waals surface area (Å²) in [6.07, 6.45) is -4.58. The van der Waals surface area contributed by atoms with Crippen molar-refractivity contribution in [3.8, 4) is 0 Å². The Hall–Kier alpha value is -1.58. The zero-order valence-electron chi connectivity index (χ0n) is 12.7. The van der Waals surface area contributed by atoms with Crippen LogP contribution in [0.4, 0.5) is 13.2 Å². The number of aromatic nitrogens is 1. The molecule has 0 radical (unpaired) electrons. The van der Waals surface area contributed by atoms with Crippen molar-refractivity contribution in [1.82, 2.24) is 9.88 Å². The van der Waals surface area contributed by atoms with Gasteiger partial charge >= 0.3 is 6.18 Å². The van der Waals surface area contributed by atoms with Crippen LogP contribution in [0.5, 0.6) is 0 Å². The SMILES string of the molecule is Cc1cc(C(C)NS(=O)(=O)c2ccc(C(F)(F)F)cc2CCl)on1. The topological polar surface area (TPSA) is 72.2 Å². The first-order valence-electron chi connectivity index (χ1n) is 6.76. The molecule has 0 saturated heterocycles. The molecule has 10 heteroatoms. The number of nitrogens with one attached hydrogen (secondary N) is 1. The first-order valence-corrected chi connectivity index (χ1v) is 8.78. The molecule has 1 unspecified atom stereocenters. The van der Waals surface area contributed by atoms with Gasteiger partial charge in [-0.25, -0.2) is 13.1 Å². The van der Waals surface area contributed by atoms with E-state index >= 15 is 0 Å². The zero-order chi connectivity index (χ0) is 18.1. The first-order chi connectivity index (χ1) is 11.0. The minimum absolute atomic E-state index is 0.139. The van der Waals surface area contributed by atoms with Gasteiger partial charge in [-0.1, -0.05) is 5.16 Å². The molecule has 5 nitrogen and oxygen atoms in total. The molecule has 1 aromatic heterocycles. The lowest BCUT2D eigenvalue weighted by atomic mass is 10.1. The highest BCUT2D eigenvalue weighted by Gasteiger charge is 2.32. The fraction of sp³-hybridized carbons (Fsp3) is 0.357. The summed E-state index contributed by atoms with van der Waals surface area (Å²) >= 11 is 5.63. The Labute approximate surface area is 141 Å². The lowest BCUT2D eigenvalue weighted by molar-refractivity contribution is -0.137. The van der Waals surface area contributed by atoms with Gasteiger partial charge < -0.3 is 4.52 Å². The first kappa shape index (κ1) is 18.8. The monoisotopic (exact) mass is 382 g/mol. The van der Waals surface area contributed by atoms with Crippen molar-refractivity contribution in [3.05, 3.63) is 46.8 Å². The average Bonchev–Trinajstić information content (AvgIpc) is 2.92. The second kappa shape index (κ2) is 6.73. The molecule has 0 saturated carbocycles. The highest BCUT2D eigenvalue weighted by Crippen LogP contribution is 2.32. The fourth-order valence-corrected chi connectivity index (χ4v) is 3.80. The second-order valence-corrected chi connectivity index (χ2v) is 7.12. The van der Waals surface area contributed by atoms with Crippen molar-refractivity contribution in [2.75, 3.05) is 0 Å². The van der Waals surface area contributed by atoms with Crippen molar-refractivity contribution < 1.29 is 26.1 Å². The van der Waals surface area contributed by atoms with Crippen LogP contribution in [0.3, 0.4) is 0 Å². The van der Waals surface area contributed by atoms with Gasteiger partial charge in [-0.3, -0.25) is 0 Å². The van der Waals surface area contributed by atoms with E-state index in [1.807, 2.05) is 0 Å². The van der Waals surface area contributed by atoms with Crippen molar-refractivity contribution in [1.29, 1.82) is 0 Å². The standard InChI is InChI=1S/C14H14ClF3N2O3S/c1-8-5-12(23-19-8)9(2)20-24(21,22)13-4-3-11(14(16,17)18)6-10(13)7-15/h3-6,9,20H,7H2,1-2H3. The van der Waals surface area contributed by atoms with Gasteiger partial charge in [0.1, 0.15) is 0 Å². The molecule has 0 aliphatic heterocycles. The molecule has 1 heterocycles. The number of nitrogens with zero attached hydrogens (tertiary/aromatic N) is 1. The molecule has 0 aliphatic rings. The van der Waals surface area contributed by atoms with Gasteiger partial charge in [0.25, 0.3) is 0 Å². The molecule has 0 aliphatic carbocycles. The van der Waals surface area contributed by atoms with Crippen LogP contribution in [0.1, 0.15) is 35.5 Å². The highest BCUT2D eigenvalue weighted by atomic mass is 35.5. The van der Waals surface area contributed by atoms with Gasteiger partial charge in [-0.05, 0) is 37.6 Å². The number of halogens is 4. The Morgan fingerprint density at radius 2 is 2.00 bits per heavy atom. The van der Waals surface area contributed by atoms with Crippen LogP contribution in [0, 0.1) is 6.92 Å². The number of alkyl halides is 4. The van der Waals surface area contributed by atoms with Gasteiger partial charge in [0.05, 0.1) is 22.2 Å². The minimum atomic E-state index is -4.58. The van der Waals surface area contributed by atoms with E-state index in [4.69, 9.17) is 16.1 Å². The predicted octanol–water partition coefficient (Wildman–Crippen LogP) is 3.78. The number of benzene rings is 1. The van der Waals surface area contributed by atoms with E-state index < -0.39 is 27.8 Å². The molecule has 0 amide bonds. The number of rotatable bonds is 5. The number of hydrogen-bond acceptors (Lipinski definition) is 4. The van der Waals surface area contributed by atoms with Crippen LogP contribution in [-0.2, 0) is 22.1 Å². The fourth-order valence-electron chi connectivity index (χ4n) is 2.06. The summed E-state index contributed by atoms with van der Waals surface area (Å²) in [5.74, 6) is -0.0916. The average molecular weight is 383 g/mol. The maximum absolute atomic E-state index is 12.7. The summed E-state index contributed by atoms with van der Waals surface area (Å²) in [4.78, 5) is -0.311. The largest absolute Gasteiger partial charge is 0.416 e. The molecule has 2 aromatic rings. The third kappa shape index (κ3) is 4.08. The van der Waals surface area contributed by atoms with Crippen LogP contribution in [-0.4, -0.2) is 13.6 Å². The molecular formula is C14H14ClF3N2O3S. The minimum Gasteiger partial charge on any atom is -0.359 e. The van der Waals surface area contributed by atoms with Gasteiger partial charge in [0.2, 0.25) is 10.0 Å². The molecule has 1 N–H and O–H groups in total. The van der Waals surface area contributed by atoms with Crippen molar-refractivity contribution >= 4 is 21.6 Å². The normalized spacial score (nSPS) is 13.9. The third-order valence-corrected chi connectivity index (χ3v) is 5.16. The summed E-state index contributed by atoms with van der Waals surface area (Å²) in [6.45, 7) is 3.21. The quantitative estimate of drug-likeness (QED) is 0.799. The molecule has 1 atom stereocenters. The van der Waals surface area contributed by atoms with Gasteiger partial charge in [-0.15, -0.1) is 11.6 Å². The molecule has 2 rings (SSSR count). The van der Waals surface area contributed by atoms with Gasteiger partial charge in [0.15, 0.2) is 5.76 Å². The molecule has 1 aromatic carbocycles. The molecule has 24 heavy (non-hydrogen) atoms.